The Hall–Kier alpha value is -3.23. The van der Waals surface area contributed by atoms with Crippen LogP contribution in [0.15, 0.2) is 35.3 Å². The third-order valence-electron chi connectivity index (χ3n) is 3.64. The van der Waals surface area contributed by atoms with E-state index in [2.05, 4.69) is 20.4 Å². The number of furan rings is 1. The first-order valence-electron chi connectivity index (χ1n) is 7.77. The van der Waals surface area contributed by atoms with Crippen molar-refractivity contribution in [3.8, 4) is 0 Å². The van der Waals surface area contributed by atoms with Crippen LogP contribution in [0.5, 0.6) is 0 Å². The number of carbonyl (C=O) groups excluding carboxylic acids is 2. The fourth-order valence-electron chi connectivity index (χ4n) is 2.44. The summed E-state index contributed by atoms with van der Waals surface area (Å²) >= 11 is 0. The average Bonchev–Trinajstić information content (AvgIpc) is 3.29. The molecule has 0 saturated heterocycles. The summed E-state index contributed by atoms with van der Waals surface area (Å²) in [7, 11) is 0. The Morgan fingerprint density at radius 1 is 1.40 bits per heavy atom. The molecule has 0 radical (unpaired) electrons. The Bertz CT molecular complexity index is 887. The molecule has 1 atom stereocenters. The van der Waals surface area contributed by atoms with E-state index in [0.717, 1.165) is 0 Å². The zero-order valence-electron chi connectivity index (χ0n) is 13.8. The maximum atomic E-state index is 12.3. The van der Waals surface area contributed by atoms with Crippen molar-refractivity contribution in [3.05, 3.63) is 47.9 Å². The molecule has 0 spiro atoms. The van der Waals surface area contributed by atoms with Gasteiger partial charge < -0.3 is 14.5 Å². The van der Waals surface area contributed by atoms with Crippen LogP contribution in [0.25, 0.3) is 5.78 Å². The predicted molar refractivity (Wildman–Crippen MR) is 85.7 cm³/mol. The summed E-state index contributed by atoms with van der Waals surface area (Å²) in [4.78, 5) is 32.3. The summed E-state index contributed by atoms with van der Waals surface area (Å²) in [5.74, 6) is -0.0418. The largest absolute Gasteiger partial charge is 0.467 e. The highest BCUT2D eigenvalue weighted by Crippen LogP contribution is 2.13. The zero-order chi connectivity index (χ0) is 17.8. The molecule has 3 heterocycles. The Kier molecular flexibility index (Phi) is 4.73. The van der Waals surface area contributed by atoms with Crippen LogP contribution in [0.1, 0.15) is 41.7 Å². The van der Waals surface area contributed by atoms with E-state index in [4.69, 9.17) is 9.15 Å². The molecule has 0 aliphatic rings. The highest BCUT2D eigenvalue weighted by molar-refractivity contribution is 5.92. The number of esters is 1. The van der Waals surface area contributed by atoms with Gasteiger partial charge in [0.15, 0.2) is 6.61 Å². The first kappa shape index (κ1) is 16.6. The minimum Gasteiger partial charge on any atom is -0.467 e. The molecular weight excluding hydrogens is 326 g/mol. The quantitative estimate of drug-likeness (QED) is 0.672. The fourth-order valence-corrected chi connectivity index (χ4v) is 2.44. The van der Waals surface area contributed by atoms with Crippen LogP contribution in [0, 0.1) is 0 Å². The molecule has 3 aromatic heterocycles. The van der Waals surface area contributed by atoms with E-state index in [9.17, 15) is 9.59 Å². The molecule has 0 aliphatic carbocycles. The smallest absolute Gasteiger partial charge is 0.342 e. The Morgan fingerprint density at radius 3 is 2.96 bits per heavy atom. The van der Waals surface area contributed by atoms with Gasteiger partial charge in [0.1, 0.15) is 12.1 Å². The molecule has 3 rings (SSSR count). The molecule has 0 saturated carbocycles. The van der Waals surface area contributed by atoms with Crippen LogP contribution in [-0.2, 0) is 16.0 Å². The van der Waals surface area contributed by atoms with E-state index in [1.807, 2.05) is 6.92 Å². The van der Waals surface area contributed by atoms with Gasteiger partial charge in [-0.25, -0.2) is 14.3 Å². The third-order valence-corrected chi connectivity index (χ3v) is 3.64. The minimum atomic E-state index is -0.637. The summed E-state index contributed by atoms with van der Waals surface area (Å²) in [6.07, 6.45) is 4.81. The first-order valence-corrected chi connectivity index (χ1v) is 7.77. The number of amides is 1. The van der Waals surface area contributed by atoms with Gasteiger partial charge in [0.05, 0.1) is 23.6 Å². The Labute approximate surface area is 143 Å². The highest BCUT2D eigenvalue weighted by atomic mass is 16.5. The van der Waals surface area contributed by atoms with E-state index in [-0.39, 0.29) is 11.6 Å². The van der Waals surface area contributed by atoms with Crippen LogP contribution in [-0.4, -0.2) is 38.1 Å². The minimum absolute atomic E-state index is 0.257. The van der Waals surface area contributed by atoms with E-state index in [1.54, 1.807) is 19.1 Å². The molecule has 0 fully saturated rings. The lowest BCUT2D eigenvalue weighted by Gasteiger charge is -2.12. The molecule has 9 nitrogen and oxygen atoms in total. The normalized spacial score (nSPS) is 12.1. The van der Waals surface area contributed by atoms with Crippen molar-refractivity contribution < 1.29 is 18.7 Å². The molecule has 130 valence electrons. The molecule has 1 N–H and O–H groups in total. The van der Waals surface area contributed by atoms with Gasteiger partial charge in [-0.15, -0.1) is 0 Å². The number of fused-ring (bicyclic) bond motifs is 1. The summed E-state index contributed by atoms with van der Waals surface area (Å²) in [6.45, 7) is 3.25. The molecule has 0 bridgehead atoms. The second kappa shape index (κ2) is 7.12. The second-order valence-corrected chi connectivity index (χ2v) is 5.32. The van der Waals surface area contributed by atoms with Crippen molar-refractivity contribution >= 4 is 17.7 Å². The van der Waals surface area contributed by atoms with Gasteiger partial charge in [-0.1, -0.05) is 6.92 Å². The third kappa shape index (κ3) is 3.49. The monoisotopic (exact) mass is 343 g/mol. The van der Waals surface area contributed by atoms with Crippen molar-refractivity contribution in [1.29, 1.82) is 0 Å². The molecule has 3 aromatic rings. The number of hydrogen-bond acceptors (Lipinski definition) is 7. The topological polar surface area (TPSA) is 112 Å². The Balaban J connectivity index is 1.63. The van der Waals surface area contributed by atoms with Gasteiger partial charge in [-0.3, -0.25) is 4.79 Å². The average molecular weight is 343 g/mol. The molecular formula is C16H17N5O4. The van der Waals surface area contributed by atoms with Crippen molar-refractivity contribution in [2.75, 3.05) is 6.61 Å². The lowest BCUT2D eigenvalue weighted by atomic mass is 10.2. The highest BCUT2D eigenvalue weighted by Gasteiger charge is 2.19. The van der Waals surface area contributed by atoms with Crippen LogP contribution < -0.4 is 5.32 Å². The van der Waals surface area contributed by atoms with Gasteiger partial charge in [-0.2, -0.15) is 10.1 Å². The molecule has 1 unspecified atom stereocenters. The van der Waals surface area contributed by atoms with Gasteiger partial charge in [-0.05, 0) is 25.5 Å². The summed E-state index contributed by atoms with van der Waals surface area (Å²) in [5.41, 5.74) is 0.879. The van der Waals surface area contributed by atoms with E-state index in [0.29, 0.717) is 23.7 Å². The van der Waals surface area contributed by atoms with Crippen LogP contribution in [0.4, 0.5) is 0 Å². The van der Waals surface area contributed by atoms with Crippen molar-refractivity contribution in [2.24, 2.45) is 0 Å². The van der Waals surface area contributed by atoms with Crippen molar-refractivity contribution in [3.63, 3.8) is 0 Å². The van der Waals surface area contributed by atoms with Gasteiger partial charge in [0.2, 0.25) is 0 Å². The number of nitrogens with one attached hydrogen (secondary N) is 1. The maximum absolute atomic E-state index is 12.3. The van der Waals surface area contributed by atoms with Gasteiger partial charge in [0, 0.05) is 6.20 Å². The second-order valence-electron chi connectivity index (χ2n) is 5.32. The van der Waals surface area contributed by atoms with Crippen LogP contribution in [0.2, 0.25) is 0 Å². The molecule has 9 heteroatoms. The van der Waals surface area contributed by atoms with Crippen LogP contribution in [0.3, 0.4) is 0 Å². The van der Waals surface area contributed by atoms with Gasteiger partial charge >= 0.3 is 5.97 Å². The lowest BCUT2D eigenvalue weighted by Crippen LogP contribution is -2.31. The maximum Gasteiger partial charge on any atom is 0.342 e. The lowest BCUT2D eigenvalue weighted by molar-refractivity contribution is -0.125. The fraction of sp³-hybridized carbons (Fsp3) is 0.312. The molecule has 25 heavy (non-hydrogen) atoms. The summed E-state index contributed by atoms with van der Waals surface area (Å²) in [5, 5.41) is 6.73. The molecule has 1 amide bonds. The summed E-state index contributed by atoms with van der Waals surface area (Å²) in [6, 6.07) is 3.17. The zero-order valence-corrected chi connectivity index (χ0v) is 13.8. The first-order chi connectivity index (χ1) is 12.1. The predicted octanol–water partition coefficient (Wildman–Crippen LogP) is 1.31. The van der Waals surface area contributed by atoms with E-state index < -0.39 is 18.5 Å². The van der Waals surface area contributed by atoms with Crippen LogP contribution >= 0.6 is 0 Å². The van der Waals surface area contributed by atoms with Crippen molar-refractivity contribution in [2.45, 2.75) is 26.3 Å². The van der Waals surface area contributed by atoms with E-state index in [1.165, 1.54) is 23.3 Å². The number of aryl methyl sites for hydroxylation is 1. The van der Waals surface area contributed by atoms with Gasteiger partial charge in [0.25, 0.3) is 11.7 Å². The number of nitrogens with zero attached hydrogens (tertiary/aromatic N) is 4. The SMILES string of the molecule is CCc1c(C(=O)OCC(=O)NC(C)c2ccco2)cnc2ncnn12. The Morgan fingerprint density at radius 2 is 2.24 bits per heavy atom. The number of hydrogen-bond donors (Lipinski definition) is 1. The summed E-state index contributed by atoms with van der Waals surface area (Å²) < 4.78 is 11.8. The molecule has 0 aromatic carbocycles. The number of ether oxygens (including phenoxy) is 1. The number of rotatable bonds is 6. The number of carbonyl (C=O) groups is 2. The van der Waals surface area contributed by atoms with Crippen molar-refractivity contribution in [1.82, 2.24) is 24.9 Å². The van der Waals surface area contributed by atoms with E-state index >= 15 is 0 Å². The number of aromatic nitrogens is 4. The molecule has 0 aliphatic heterocycles. The standard InChI is InChI=1S/C16H17N5O4/c1-3-12-11(7-17-16-18-9-19-21(12)16)15(23)25-8-14(22)20-10(2)13-5-4-6-24-13/h4-7,9-10H,3,8H2,1-2H3,(H,20,22).